The first-order chi connectivity index (χ1) is 10.2. The molecular weight excluding hydrogens is 258 g/mol. The Morgan fingerprint density at radius 1 is 0.810 bits per heavy atom. The highest BCUT2D eigenvalue weighted by atomic mass is 16.3. The third-order valence-corrected chi connectivity index (χ3v) is 4.03. The Labute approximate surface area is 128 Å². The summed E-state index contributed by atoms with van der Waals surface area (Å²) < 4.78 is 0. The number of aliphatic hydroxyl groups is 1. The third kappa shape index (κ3) is 4.42. The molecule has 1 N–H and O–H groups in total. The molecule has 0 bridgehead atoms. The monoisotopic (exact) mass is 283 g/mol. The number of benzene rings is 2. The van der Waals surface area contributed by atoms with Gasteiger partial charge in [0.05, 0.1) is 6.61 Å². The maximum absolute atomic E-state index is 9.96. The lowest BCUT2D eigenvalue weighted by Crippen LogP contribution is -2.21. The van der Waals surface area contributed by atoms with Crippen molar-refractivity contribution < 1.29 is 5.11 Å². The van der Waals surface area contributed by atoms with Gasteiger partial charge in [-0.05, 0) is 44.1 Å². The fraction of sp³-hybridized carbons (Fsp3) is 0.368. The minimum atomic E-state index is 0.147. The zero-order valence-corrected chi connectivity index (χ0v) is 12.9. The van der Waals surface area contributed by atoms with E-state index in [2.05, 4.69) is 55.4 Å². The predicted octanol–water partition coefficient (Wildman–Crippen LogP) is 3.50. The van der Waals surface area contributed by atoms with E-state index in [1.54, 1.807) is 0 Å². The largest absolute Gasteiger partial charge is 0.396 e. The maximum atomic E-state index is 9.96. The topological polar surface area (TPSA) is 23.5 Å². The molecule has 0 amide bonds. The minimum Gasteiger partial charge on any atom is -0.396 e. The quantitative estimate of drug-likeness (QED) is 0.840. The van der Waals surface area contributed by atoms with Gasteiger partial charge in [0.2, 0.25) is 0 Å². The molecule has 0 fully saturated rings. The smallest absolute Gasteiger partial charge is 0.0505 e. The van der Waals surface area contributed by atoms with E-state index in [1.165, 1.54) is 11.1 Å². The van der Waals surface area contributed by atoms with Crippen LogP contribution in [-0.2, 0) is 0 Å². The Kier molecular flexibility index (Phi) is 5.97. The normalized spacial score (nSPS) is 14.1. The van der Waals surface area contributed by atoms with Crippen molar-refractivity contribution in [1.29, 1.82) is 0 Å². The van der Waals surface area contributed by atoms with Crippen LogP contribution in [0, 0.1) is 0 Å². The first-order valence-corrected chi connectivity index (χ1v) is 7.58. The summed E-state index contributed by atoms with van der Waals surface area (Å²) in [5.74, 6) is 0.481. The fourth-order valence-corrected chi connectivity index (χ4v) is 2.86. The van der Waals surface area contributed by atoms with Crippen LogP contribution >= 0.6 is 0 Å². The zero-order valence-electron chi connectivity index (χ0n) is 12.9. The summed E-state index contributed by atoms with van der Waals surface area (Å²) in [6, 6.07) is 20.9. The molecule has 0 spiro atoms. The Morgan fingerprint density at radius 3 is 1.71 bits per heavy atom. The average molecular weight is 283 g/mol. The minimum absolute atomic E-state index is 0.147. The van der Waals surface area contributed by atoms with E-state index in [0.717, 1.165) is 13.0 Å². The van der Waals surface area contributed by atoms with Gasteiger partial charge in [-0.1, -0.05) is 60.7 Å². The molecule has 2 nitrogen and oxygen atoms in total. The highest BCUT2D eigenvalue weighted by Crippen LogP contribution is 2.35. The second-order valence-corrected chi connectivity index (χ2v) is 5.81. The standard InChI is InChI=1S/C19H25NO/c1-20(2)14-13-18(16-9-5-3-6-10-16)19(15-21)17-11-7-4-8-12-17/h3-12,18-19,21H,13-15H2,1-2H3. The molecule has 0 aliphatic rings. The van der Waals surface area contributed by atoms with Gasteiger partial charge in [0.25, 0.3) is 0 Å². The van der Waals surface area contributed by atoms with Gasteiger partial charge in [-0.2, -0.15) is 0 Å². The Bertz CT molecular complexity index is 510. The van der Waals surface area contributed by atoms with Gasteiger partial charge in [-0.3, -0.25) is 0 Å². The molecule has 0 saturated heterocycles. The van der Waals surface area contributed by atoms with E-state index in [1.807, 2.05) is 24.3 Å². The summed E-state index contributed by atoms with van der Waals surface area (Å²) in [5.41, 5.74) is 2.52. The van der Waals surface area contributed by atoms with Gasteiger partial charge in [0.15, 0.2) is 0 Å². The van der Waals surface area contributed by atoms with Crippen molar-refractivity contribution in [3.63, 3.8) is 0 Å². The number of aliphatic hydroxyl groups excluding tert-OH is 1. The van der Waals surface area contributed by atoms with Crippen molar-refractivity contribution in [2.45, 2.75) is 18.3 Å². The molecule has 0 aliphatic carbocycles. The first kappa shape index (κ1) is 15.7. The lowest BCUT2D eigenvalue weighted by Gasteiger charge is -2.28. The molecule has 2 aromatic carbocycles. The summed E-state index contributed by atoms with van der Waals surface area (Å²) >= 11 is 0. The molecule has 2 atom stereocenters. The van der Waals surface area contributed by atoms with Gasteiger partial charge >= 0.3 is 0 Å². The predicted molar refractivity (Wildman–Crippen MR) is 88.6 cm³/mol. The lowest BCUT2D eigenvalue weighted by molar-refractivity contribution is 0.237. The van der Waals surface area contributed by atoms with E-state index >= 15 is 0 Å². The molecule has 21 heavy (non-hydrogen) atoms. The Balaban J connectivity index is 2.28. The molecule has 0 aliphatic heterocycles. The number of hydrogen-bond acceptors (Lipinski definition) is 2. The van der Waals surface area contributed by atoms with Crippen molar-refractivity contribution in [3.8, 4) is 0 Å². The molecule has 0 heterocycles. The second kappa shape index (κ2) is 7.96. The molecule has 2 aromatic rings. The molecule has 112 valence electrons. The van der Waals surface area contributed by atoms with Crippen LogP contribution in [0.2, 0.25) is 0 Å². The average Bonchev–Trinajstić information content (AvgIpc) is 2.53. The summed E-state index contributed by atoms with van der Waals surface area (Å²) in [4.78, 5) is 2.20. The van der Waals surface area contributed by atoms with Crippen molar-refractivity contribution in [2.24, 2.45) is 0 Å². The van der Waals surface area contributed by atoms with E-state index < -0.39 is 0 Å². The molecule has 2 heteroatoms. The third-order valence-electron chi connectivity index (χ3n) is 4.03. The molecule has 2 unspecified atom stereocenters. The summed E-state index contributed by atoms with van der Waals surface area (Å²) in [5, 5.41) is 9.96. The van der Waals surface area contributed by atoms with Crippen molar-refractivity contribution >= 4 is 0 Å². The Morgan fingerprint density at radius 2 is 1.29 bits per heavy atom. The van der Waals surface area contributed by atoms with Crippen LogP contribution in [0.15, 0.2) is 60.7 Å². The molecule has 0 radical (unpaired) electrons. The van der Waals surface area contributed by atoms with Gasteiger partial charge in [-0.25, -0.2) is 0 Å². The maximum Gasteiger partial charge on any atom is 0.0505 e. The van der Waals surface area contributed by atoms with E-state index in [0.29, 0.717) is 5.92 Å². The van der Waals surface area contributed by atoms with Crippen molar-refractivity contribution in [1.82, 2.24) is 4.90 Å². The van der Waals surface area contributed by atoms with E-state index in [9.17, 15) is 5.11 Å². The Hall–Kier alpha value is -1.64. The molecule has 0 aromatic heterocycles. The highest BCUT2D eigenvalue weighted by molar-refractivity contribution is 5.28. The van der Waals surface area contributed by atoms with Crippen molar-refractivity contribution in [2.75, 3.05) is 27.2 Å². The fourth-order valence-electron chi connectivity index (χ4n) is 2.86. The van der Waals surface area contributed by atoms with Crippen LogP contribution in [0.5, 0.6) is 0 Å². The van der Waals surface area contributed by atoms with Gasteiger partial charge in [0.1, 0.15) is 0 Å². The zero-order chi connectivity index (χ0) is 15.1. The SMILES string of the molecule is CN(C)CCC(c1ccccc1)C(CO)c1ccccc1. The lowest BCUT2D eigenvalue weighted by atomic mass is 9.80. The van der Waals surface area contributed by atoms with Crippen molar-refractivity contribution in [3.05, 3.63) is 71.8 Å². The number of hydrogen-bond donors (Lipinski definition) is 1. The van der Waals surface area contributed by atoms with E-state index in [4.69, 9.17) is 0 Å². The van der Waals surface area contributed by atoms with Crippen LogP contribution in [-0.4, -0.2) is 37.3 Å². The summed E-state index contributed by atoms with van der Waals surface area (Å²) in [6.45, 7) is 1.19. The van der Waals surface area contributed by atoms with Gasteiger partial charge in [-0.15, -0.1) is 0 Å². The highest BCUT2D eigenvalue weighted by Gasteiger charge is 2.24. The second-order valence-electron chi connectivity index (χ2n) is 5.81. The number of nitrogens with zero attached hydrogens (tertiary/aromatic N) is 1. The van der Waals surface area contributed by atoms with Crippen LogP contribution in [0.25, 0.3) is 0 Å². The summed E-state index contributed by atoms with van der Waals surface area (Å²) in [7, 11) is 4.19. The molecular formula is C19H25NO. The van der Waals surface area contributed by atoms with E-state index in [-0.39, 0.29) is 12.5 Å². The van der Waals surface area contributed by atoms with Crippen LogP contribution in [0.4, 0.5) is 0 Å². The van der Waals surface area contributed by atoms with Crippen LogP contribution in [0.1, 0.15) is 29.4 Å². The summed E-state index contributed by atoms with van der Waals surface area (Å²) in [6.07, 6.45) is 1.04. The van der Waals surface area contributed by atoms with Gasteiger partial charge < -0.3 is 10.0 Å². The number of rotatable bonds is 7. The van der Waals surface area contributed by atoms with Crippen LogP contribution in [0.3, 0.4) is 0 Å². The van der Waals surface area contributed by atoms with Crippen LogP contribution < -0.4 is 0 Å². The van der Waals surface area contributed by atoms with Gasteiger partial charge in [0, 0.05) is 5.92 Å². The molecule has 2 rings (SSSR count). The first-order valence-electron chi connectivity index (χ1n) is 7.58. The molecule has 0 saturated carbocycles.